The molecule has 4 atom stereocenters. The van der Waals surface area contributed by atoms with Gasteiger partial charge in [0.25, 0.3) is 0 Å². The van der Waals surface area contributed by atoms with Gasteiger partial charge in [0.15, 0.2) is 0 Å². The molecule has 2 saturated carbocycles. The second kappa shape index (κ2) is 5.59. The van der Waals surface area contributed by atoms with Crippen molar-refractivity contribution in [3.63, 3.8) is 0 Å². The lowest BCUT2D eigenvalue weighted by Gasteiger charge is -2.41. The van der Waals surface area contributed by atoms with Crippen LogP contribution in [0.3, 0.4) is 0 Å². The van der Waals surface area contributed by atoms with Crippen molar-refractivity contribution < 1.29 is 4.79 Å². The van der Waals surface area contributed by atoms with E-state index < -0.39 is 0 Å². The van der Waals surface area contributed by atoms with E-state index in [4.69, 9.17) is 0 Å². The monoisotopic (exact) mass is 248 g/mol. The Kier molecular flexibility index (Phi) is 4.29. The van der Waals surface area contributed by atoms with E-state index in [1.54, 1.807) is 0 Å². The van der Waals surface area contributed by atoms with Crippen LogP contribution in [0.5, 0.6) is 0 Å². The number of rotatable bonds is 4. The fraction of sp³-hybridized carbons (Fsp3) is 0.824. The number of hydrogen-bond donors (Lipinski definition) is 0. The van der Waals surface area contributed by atoms with Crippen LogP contribution in [0.1, 0.15) is 65.7 Å². The van der Waals surface area contributed by atoms with Gasteiger partial charge in [0, 0.05) is 12.3 Å². The van der Waals surface area contributed by atoms with Crippen molar-refractivity contribution in [1.29, 1.82) is 0 Å². The SMILES string of the molecule is CCC/C=C/[C@@H](C)C1CCC2C(=O)CCC[C@@]21C. The van der Waals surface area contributed by atoms with Crippen LogP contribution in [0.15, 0.2) is 12.2 Å². The van der Waals surface area contributed by atoms with Crippen LogP contribution in [0.4, 0.5) is 0 Å². The maximum Gasteiger partial charge on any atom is 0.136 e. The zero-order chi connectivity index (χ0) is 13.2. The van der Waals surface area contributed by atoms with Gasteiger partial charge in [-0.25, -0.2) is 0 Å². The average molecular weight is 248 g/mol. The molecule has 0 aromatic rings. The van der Waals surface area contributed by atoms with E-state index in [0.29, 0.717) is 23.0 Å². The third-order valence-corrected chi connectivity index (χ3v) is 5.47. The van der Waals surface area contributed by atoms with Crippen LogP contribution >= 0.6 is 0 Å². The van der Waals surface area contributed by atoms with Gasteiger partial charge in [-0.05, 0) is 49.4 Å². The topological polar surface area (TPSA) is 17.1 Å². The third-order valence-electron chi connectivity index (χ3n) is 5.47. The highest BCUT2D eigenvalue weighted by Gasteiger charge is 2.51. The molecule has 2 fully saturated rings. The zero-order valence-corrected chi connectivity index (χ0v) is 12.2. The third kappa shape index (κ3) is 2.41. The standard InChI is InChI=1S/C17H28O/c1-4-5-6-8-13(2)14-10-11-15-16(18)9-7-12-17(14,15)3/h6,8,13-15H,4-5,7,9-12H2,1-3H3/b8-6+/t13-,14?,15?,17-/m1/s1. The van der Waals surface area contributed by atoms with Crippen molar-refractivity contribution in [3.05, 3.63) is 12.2 Å². The number of allylic oxidation sites excluding steroid dienone is 2. The molecule has 0 aromatic carbocycles. The van der Waals surface area contributed by atoms with E-state index in [1.165, 1.54) is 25.7 Å². The van der Waals surface area contributed by atoms with E-state index in [0.717, 1.165) is 25.2 Å². The van der Waals surface area contributed by atoms with Crippen molar-refractivity contribution in [1.82, 2.24) is 0 Å². The Bertz CT molecular complexity index is 331. The summed E-state index contributed by atoms with van der Waals surface area (Å²) in [7, 11) is 0. The molecule has 0 radical (unpaired) electrons. The molecule has 2 unspecified atom stereocenters. The molecule has 0 spiro atoms. The van der Waals surface area contributed by atoms with Gasteiger partial charge in [-0.3, -0.25) is 4.79 Å². The molecule has 0 aromatic heterocycles. The number of hydrogen-bond acceptors (Lipinski definition) is 1. The fourth-order valence-corrected chi connectivity index (χ4v) is 4.45. The summed E-state index contributed by atoms with van der Waals surface area (Å²) in [5, 5.41) is 0. The van der Waals surface area contributed by atoms with Gasteiger partial charge >= 0.3 is 0 Å². The van der Waals surface area contributed by atoms with Crippen molar-refractivity contribution in [2.45, 2.75) is 65.7 Å². The Morgan fingerprint density at radius 2 is 2.22 bits per heavy atom. The van der Waals surface area contributed by atoms with Crippen molar-refractivity contribution in [3.8, 4) is 0 Å². The predicted octanol–water partition coefficient (Wildman–Crippen LogP) is 4.76. The summed E-state index contributed by atoms with van der Waals surface area (Å²) >= 11 is 0. The molecule has 18 heavy (non-hydrogen) atoms. The summed E-state index contributed by atoms with van der Waals surface area (Å²) in [4.78, 5) is 12.1. The van der Waals surface area contributed by atoms with Crippen molar-refractivity contribution >= 4 is 5.78 Å². The summed E-state index contributed by atoms with van der Waals surface area (Å²) in [5.41, 5.74) is 0.297. The molecule has 0 N–H and O–H groups in total. The van der Waals surface area contributed by atoms with Crippen LogP contribution in [-0.2, 0) is 4.79 Å². The second-order valence-corrected chi connectivity index (χ2v) is 6.64. The van der Waals surface area contributed by atoms with Gasteiger partial charge in [0.05, 0.1) is 0 Å². The van der Waals surface area contributed by atoms with E-state index in [2.05, 4.69) is 32.9 Å². The molecule has 1 heteroatoms. The van der Waals surface area contributed by atoms with Gasteiger partial charge in [-0.1, -0.05) is 39.3 Å². The lowest BCUT2D eigenvalue weighted by atomic mass is 9.62. The first kappa shape index (κ1) is 13.8. The minimum absolute atomic E-state index is 0.297. The van der Waals surface area contributed by atoms with Gasteiger partial charge in [-0.2, -0.15) is 0 Å². The predicted molar refractivity (Wildman–Crippen MR) is 76.4 cm³/mol. The molecule has 0 saturated heterocycles. The molecule has 2 rings (SSSR count). The molecule has 0 heterocycles. The van der Waals surface area contributed by atoms with Crippen LogP contribution in [0.2, 0.25) is 0 Å². The molecule has 2 aliphatic rings. The summed E-state index contributed by atoms with van der Waals surface area (Å²) < 4.78 is 0. The molecule has 0 aliphatic heterocycles. The molecule has 0 bridgehead atoms. The van der Waals surface area contributed by atoms with E-state index >= 15 is 0 Å². The average Bonchev–Trinajstić information content (AvgIpc) is 2.68. The Morgan fingerprint density at radius 3 is 2.94 bits per heavy atom. The van der Waals surface area contributed by atoms with Gasteiger partial charge < -0.3 is 0 Å². The van der Waals surface area contributed by atoms with E-state index in [1.807, 2.05) is 0 Å². The molecule has 0 amide bonds. The lowest BCUT2D eigenvalue weighted by molar-refractivity contribution is -0.129. The minimum atomic E-state index is 0.297. The normalized spacial score (nSPS) is 38.1. The maximum atomic E-state index is 12.1. The summed E-state index contributed by atoms with van der Waals surface area (Å²) in [5.74, 6) is 2.28. The minimum Gasteiger partial charge on any atom is -0.299 e. The first-order chi connectivity index (χ1) is 8.59. The van der Waals surface area contributed by atoms with Crippen LogP contribution in [0, 0.1) is 23.2 Å². The Labute approximate surface area is 112 Å². The number of ketones is 1. The summed E-state index contributed by atoms with van der Waals surface area (Å²) in [6, 6.07) is 0. The van der Waals surface area contributed by atoms with Crippen molar-refractivity contribution in [2.75, 3.05) is 0 Å². The van der Waals surface area contributed by atoms with E-state index in [-0.39, 0.29) is 0 Å². The number of carbonyl (C=O) groups excluding carboxylic acids is 1. The molecule has 102 valence electrons. The maximum absolute atomic E-state index is 12.1. The van der Waals surface area contributed by atoms with Crippen LogP contribution in [0.25, 0.3) is 0 Å². The first-order valence-corrected chi connectivity index (χ1v) is 7.79. The van der Waals surface area contributed by atoms with Gasteiger partial charge in [0.2, 0.25) is 0 Å². The first-order valence-electron chi connectivity index (χ1n) is 7.79. The zero-order valence-electron chi connectivity index (χ0n) is 12.2. The van der Waals surface area contributed by atoms with E-state index in [9.17, 15) is 4.79 Å². The van der Waals surface area contributed by atoms with Gasteiger partial charge in [0.1, 0.15) is 5.78 Å². The van der Waals surface area contributed by atoms with Crippen molar-refractivity contribution in [2.24, 2.45) is 23.2 Å². The largest absolute Gasteiger partial charge is 0.299 e. The number of fused-ring (bicyclic) bond motifs is 1. The van der Waals surface area contributed by atoms with Crippen LogP contribution < -0.4 is 0 Å². The Morgan fingerprint density at radius 1 is 1.44 bits per heavy atom. The Hall–Kier alpha value is -0.590. The molecular weight excluding hydrogens is 220 g/mol. The summed E-state index contributed by atoms with van der Waals surface area (Å²) in [6.45, 7) is 6.96. The molecular formula is C17H28O. The summed E-state index contributed by atoms with van der Waals surface area (Å²) in [6.07, 6.45) is 12.8. The van der Waals surface area contributed by atoms with Crippen LogP contribution in [-0.4, -0.2) is 5.78 Å². The highest BCUT2D eigenvalue weighted by atomic mass is 16.1. The Balaban J connectivity index is 2.08. The number of unbranched alkanes of at least 4 members (excludes halogenated alkanes) is 1. The highest BCUT2D eigenvalue weighted by Crippen LogP contribution is 2.56. The molecule has 1 nitrogen and oxygen atoms in total. The number of carbonyl (C=O) groups is 1. The highest BCUT2D eigenvalue weighted by molar-refractivity contribution is 5.83. The van der Waals surface area contributed by atoms with Gasteiger partial charge in [-0.15, -0.1) is 0 Å². The lowest BCUT2D eigenvalue weighted by Crippen LogP contribution is -2.39. The smallest absolute Gasteiger partial charge is 0.136 e. The fourth-order valence-electron chi connectivity index (χ4n) is 4.45. The number of Topliss-reactive ketones (excluding diaryl/α,β-unsaturated/α-hetero) is 1. The second-order valence-electron chi connectivity index (χ2n) is 6.64. The molecule has 2 aliphatic carbocycles. The quantitative estimate of drug-likeness (QED) is 0.655.